The van der Waals surface area contributed by atoms with Crippen LogP contribution in [0.25, 0.3) is 0 Å². The largest absolute Gasteiger partial charge is 0.572 e. The minimum atomic E-state index is -3.94. The van der Waals surface area contributed by atoms with Gasteiger partial charge in [0.1, 0.15) is 0 Å². The van der Waals surface area contributed by atoms with Crippen LogP contribution in [0.5, 0.6) is 5.75 Å². The Kier molecular flexibility index (Phi) is 9.00. The molecule has 2 atom stereocenters. The molecule has 1 unspecified atom stereocenters. The summed E-state index contributed by atoms with van der Waals surface area (Å²) in [6.45, 7) is 3.90. The van der Waals surface area contributed by atoms with Crippen molar-refractivity contribution >= 4 is 30.0 Å². The first-order chi connectivity index (χ1) is 12.9. The lowest BCUT2D eigenvalue weighted by atomic mass is 9.90. The molecular weight excluding hydrogens is 409 g/mol. The van der Waals surface area contributed by atoms with E-state index in [0.717, 1.165) is 0 Å². The van der Waals surface area contributed by atoms with Gasteiger partial charge in [0.25, 0.3) is 15.8 Å². The molecule has 0 fully saturated rings. The molecule has 0 spiro atoms. The van der Waals surface area contributed by atoms with Crippen molar-refractivity contribution in [1.29, 1.82) is 0 Å². The molecule has 0 radical (unpaired) electrons. The van der Waals surface area contributed by atoms with Crippen molar-refractivity contribution in [2.45, 2.75) is 32.9 Å². The van der Waals surface area contributed by atoms with Crippen LogP contribution in [0.1, 0.15) is 27.2 Å². The predicted molar refractivity (Wildman–Crippen MR) is 103 cm³/mol. The highest BCUT2D eigenvalue weighted by molar-refractivity contribution is 7.86. The molecule has 1 amide bonds. The number of aliphatic carboxylic acids is 1. The van der Waals surface area contributed by atoms with Gasteiger partial charge in [-0.25, -0.2) is 4.79 Å². The van der Waals surface area contributed by atoms with Crippen LogP contribution in [0.3, 0.4) is 0 Å². The van der Waals surface area contributed by atoms with Gasteiger partial charge >= 0.3 is 14.0 Å². The fourth-order valence-corrected chi connectivity index (χ4v) is 4.60. The Morgan fingerprint density at radius 2 is 1.86 bits per heavy atom. The summed E-state index contributed by atoms with van der Waals surface area (Å²) in [5.41, 5.74) is -2.78. The summed E-state index contributed by atoms with van der Waals surface area (Å²) < 4.78 is 46.7. The van der Waals surface area contributed by atoms with Gasteiger partial charge in [-0.2, -0.15) is 8.42 Å². The number of rotatable bonds is 12. The molecule has 0 aliphatic heterocycles. The first-order valence-corrected chi connectivity index (χ1v) is 11.3. The predicted octanol–water partition coefficient (Wildman–Crippen LogP) is 2.16. The highest BCUT2D eigenvalue weighted by Gasteiger charge is 2.53. The van der Waals surface area contributed by atoms with Crippen LogP contribution in [0.4, 0.5) is 0 Å². The summed E-state index contributed by atoms with van der Waals surface area (Å²) in [6.07, 6.45) is 0.149. The lowest BCUT2D eigenvalue weighted by Gasteiger charge is -2.23. The number of hydrogen-bond donors (Lipinski definition) is 2. The number of benzene rings is 1. The fraction of sp³-hybridized carbons (Fsp3) is 0.529. The Hall–Kier alpha value is -2.03. The van der Waals surface area contributed by atoms with E-state index in [1.54, 1.807) is 18.2 Å². The Balaban J connectivity index is 2.73. The van der Waals surface area contributed by atoms with Crippen molar-refractivity contribution in [2.75, 3.05) is 18.9 Å². The zero-order valence-corrected chi connectivity index (χ0v) is 17.7. The van der Waals surface area contributed by atoms with E-state index in [1.165, 1.54) is 32.9 Å². The Labute approximate surface area is 165 Å². The van der Waals surface area contributed by atoms with Gasteiger partial charge in [-0.1, -0.05) is 32.0 Å². The number of carboxylic acid groups (broad SMARTS) is 1. The van der Waals surface area contributed by atoms with Crippen LogP contribution in [0.15, 0.2) is 30.3 Å². The van der Waals surface area contributed by atoms with Gasteiger partial charge in [0, 0.05) is 13.5 Å². The molecule has 0 heterocycles. The van der Waals surface area contributed by atoms with E-state index in [9.17, 15) is 27.7 Å². The second-order valence-corrected chi connectivity index (χ2v) is 9.81. The number of para-hydroxylation sites is 1. The highest BCUT2D eigenvalue weighted by Crippen LogP contribution is 2.42. The summed E-state index contributed by atoms with van der Waals surface area (Å²) in [5, 5.41) is 12.0. The van der Waals surface area contributed by atoms with Gasteiger partial charge in [0.05, 0.1) is 17.8 Å². The minimum absolute atomic E-state index is 0.149. The number of amides is 1. The molecule has 156 valence electrons. The monoisotopic (exact) mass is 434 g/mol. The summed E-state index contributed by atoms with van der Waals surface area (Å²) in [4.78, 5) is 22.4. The summed E-state index contributed by atoms with van der Waals surface area (Å²) >= 11 is 0. The Morgan fingerprint density at radius 3 is 2.39 bits per heavy atom. The number of carbonyl (C=O) groups excluding carboxylic acids is 1. The van der Waals surface area contributed by atoms with Crippen molar-refractivity contribution in [2.24, 2.45) is 5.41 Å². The van der Waals surface area contributed by atoms with E-state index in [1.807, 2.05) is 0 Å². The van der Waals surface area contributed by atoms with E-state index in [0.29, 0.717) is 0 Å². The molecular formula is C17H25NO8PS+. The average molecular weight is 434 g/mol. The SMILES string of the molecule is CC(=O)NCCCS(=O)(=O)OCC(C)(C)[C@H](C(=O)O)[P+](=O)Oc1ccccc1. The summed E-state index contributed by atoms with van der Waals surface area (Å²) in [5.74, 6) is -1.75. The lowest BCUT2D eigenvalue weighted by molar-refractivity contribution is -0.139. The average Bonchev–Trinajstić information content (AvgIpc) is 2.57. The van der Waals surface area contributed by atoms with Crippen LogP contribution in [-0.4, -0.2) is 50.0 Å². The molecule has 0 aliphatic rings. The van der Waals surface area contributed by atoms with Gasteiger partial charge in [0.15, 0.2) is 5.75 Å². The standard InChI is InChI=1S/C17H24NO8PS/c1-13(19)18-10-7-11-28(23,24)25-12-17(2,3)15(16(20)21)27(22)26-14-8-5-4-6-9-14/h4-6,8-9,15H,7,10-12H2,1-3H3,(H-,18,19,20,21)/p+1/t15-/m0/s1. The number of carbonyl (C=O) groups is 2. The van der Waals surface area contributed by atoms with Crippen molar-refractivity contribution < 1.29 is 36.4 Å². The van der Waals surface area contributed by atoms with Crippen LogP contribution >= 0.6 is 8.03 Å². The van der Waals surface area contributed by atoms with Gasteiger partial charge in [-0.05, 0) is 23.1 Å². The third-order valence-electron chi connectivity index (χ3n) is 3.68. The van der Waals surface area contributed by atoms with E-state index >= 15 is 0 Å². The van der Waals surface area contributed by atoms with Gasteiger partial charge in [0.2, 0.25) is 5.91 Å². The molecule has 2 N–H and O–H groups in total. The maximum atomic E-state index is 12.5. The Bertz CT molecular complexity index is 795. The van der Waals surface area contributed by atoms with Crippen LogP contribution in [0, 0.1) is 5.41 Å². The normalized spacial score (nSPS) is 13.5. The second kappa shape index (κ2) is 10.5. The molecule has 1 aromatic carbocycles. The second-order valence-electron chi connectivity index (χ2n) is 6.78. The number of carboxylic acids is 1. The molecule has 0 bridgehead atoms. The molecule has 1 rings (SSSR count). The zero-order chi connectivity index (χ0) is 21.4. The summed E-state index contributed by atoms with van der Waals surface area (Å²) in [6, 6.07) is 8.10. The first kappa shape index (κ1) is 24.0. The molecule has 0 aromatic heterocycles. The Morgan fingerprint density at radius 1 is 1.25 bits per heavy atom. The molecule has 28 heavy (non-hydrogen) atoms. The van der Waals surface area contributed by atoms with E-state index in [2.05, 4.69) is 5.32 Å². The molecule has 0 saturated heterocycles. The van der Waals surface area contributed by atoms with Crippen LogP contribution in [0.2, 0.25) is 0 Å². The summed E-state index contributed by atoms with van der Waals surface area (Å²) in [7, 11) is -6.62. The topological polar surface area (TPSA) is 136 Å². The first-order valence-electron chi connectivity index (χ1n) is 8.48. The maximum absolute atomic E-state index is 12.5. The van der Waals surface area contributed by atoms with Gasteiger partial charge < -0.3 is 10.4 Å². The fourth-order valence-electron chi connectivity index (χ4n) is 2.24. The molecule has 0 aliphatic carbocycles. The van der Waals surface area contributed by atoms with E-state index in [-0.39, 0.29) is 30.4 Å². The minimum Gasteiger partial charge on any atom is -0.478 e. The molecule has 9 nitrogen and oxygen atoms in total. The van der Waals surface area contributed by atoms with Crippen molar-refractivity contribution in [3.05, 3.63) is 30.3 Å². The molecule has 11 heteroatoms. The van der Waals surface area contributed by atoms with Crippen molar-refractivity contribution in [1.82, 2.24) is 5.32 Å². The molecule has 1 aromatic rings. The highest BCUT2D eigenvalue weighted by atomic mass is 32.2. The zero-order valence-electron chi connectivity index (χ0n) is 16.0. The van der Waals surface area contributed by atoms with Gasteiger partial charge in [-0.3, -0.25) is 13.5 Å². The quantitative estimate of drug-likeness (QED) is 0.290. The third kappa shape index (κ3) is 8.33. The van der Waals surface area contributed by atoms with E-state index < -0.39 is 41.8 Å². The number of nitrogens with one attached hydrogen (secondary N) is 1. The van der Waals surface area contributed by atoms with Crippen LogP contribution in [-0.2, 0) is 28.5 Å². The van der Waals surface area contributed by atoms with E-state index in [4.69, 9.17) is 8.71 Å². The third-order valence-corrected chi connectivity index (χ3v) is 6.68. The van der Waals surface area contributed by atoms with Crippen molar-refractivity contribution in [3.63, 3.8) is 0 Å². The lowest BCUT2D eigenvalue weighted by Crippen LogP contribution is -2.39. The van der Waals surface area contributed by atoms with Crippen LogP contribution < -0.4 is 9.84 Å². The smallest absolute Gasteiger partial charge is 0.478 e. The molecule has 0 saturated carbocycles. The van der Waals surface area contributed by atoms with Crippen molar-refractivity contribution in [3.8, 4) is 5.75 Å². The van der Waals surface area contributed by atoms with Gasteiger partial charge in [-0.15, -0.1) is 0 Å². The number of hydrogen-bond acceptors (Lipinski definition) is 7. The maximum Gasteiger partial charge on any atom is 0.572 e.